The smallest absolute Gasteiger partial charge is 0.348 e. The Balaban J connectivity index is 2.24. The largest absolute Gasteiger partial charge is 0.465 e. The van der Waals surface area contributed by atoms with Gasteiger partial charge >= 0.3 is 5.97 Å². The van der Waals surface area contributed by atoms with E-state index in [0.29, 0.717) is 10.3 Å². The average Bonchev–Trinajstić information content (AvgIpc) is 2.97. The Hall–Kier alpha value is -0.480. The third-order valence-corrected chi connectivity index (χ3v) is 6.47. The lowest BCUT2D eigenvalue weighted by molar-refractivity contribution is 0.0606. The number of halogens is 1. The lowest BCUT2D eigenvalue weighted by Gasteiger charge is -2.11. The second kappa shape index (κ2) is 5.88. The first-order valence-corrected chi connectivity index (χ1v) is 8.64. The minimum atomic E-state index is -3.63. The van der Waals surface area contributed by atoms with E-state index in [0.717, 1.165) is 24.3 Å². The van der Waals surface area contributed by atoms with Crippen molar-refractivity contribution in [2.45, 2.75) is 17.4 Å². The van der Waals surface area contributed by atoms with Crippen LogP contribution in [0.4, 0.5) is 0 Å². The number of ether oxygens (including phenoxy) is 1. The molecule has 1 aliphatic heterocycles. The maximum atomic E-state index is 12.2. The molecule has 6 nitrogen and oxygen atoms in total. The highest BCUT2D eigenvalue weighted by Crippen LogP contribution is 2.32. The summed E-state index contributed by atoms with van der Waals surface area (Å²) < 4.78 is 32.0. The molecule has 1 unspecified atom stereocenters. The minimum absolute atomic E-state index is 0.0739. The molecule has 1 aromatic heterocycles. The molecule has 2 N–H and O–H groups in total. The van der Waals surface area contributed by atoms with E-state index in [4.69, 9.17) is 0 Å². The summed E-state index contributed by atoms with van der Waals surface area (Å²) in [6.07, 6.45) is 0.755. The fraction of sp³-hybridized carbons (Fsp3) is 0.500. The predicted octanol–water partition coefficient (Wildman–Crippen LogP) is 0.937. The minimum Gasteiger partial charge on any atom is -0.465 e. The number of carbonyl (C=O) groups excluding carboxylic acids is 1. The molecule has 9 heteroatoms. The second-order valence-corrected chi connectivity index (χ2v) is 8.10. The molecule has 1 atom stereocenters. The third kappa shape index (κ3) is 3.34. The van der Waals surface area contributed by atoms with Gasteiger partial charge in [-0.2, -0.15) is 0 Å². The lowest BCUT2D eigenvalue weighted by Crippen LogP contribution is -2.36. The molecule has 0 spiro atoms. The Bertz CT molecular complexity index is 578. The Labute approximate surface area is 123 Å². The van der Waals surface area contributed by atoms with E-state index in [-0.39, 0.29) is 15.8 Å². The third-order valence-electron chi connectivity index (χ3n) is 2.71. The van der Waals surface area contributed by atoms with Gasteiger partial charge in [-0.15, -0.1) is 11.3 Å². The van der Waals surface area contributed by atoms with Gasteiger partial charge in [0, 0.05) is 12.6 Å². The van der Waals surface area contributed by atoms with E-state index in [1.807, 2.05) is 0 Å². The van der Waals surface area contributed by atoms with Crippen molar-refractivity contribution in [1.82, 2.24) is 10.0 Å². The van der Waals surface area contributed by atoms with E-state index in [2.05, 4.69) is 30.7 Å². The van der Waals surface area contributed by atoms with Crippen molar-refractivity contribution in [2.75, 3.05) is 20.2 Å². The van der Waals surface area contributed by atoms with Crippen LogP contribution in [0.5, 0.6) is 0 Å². The topological polar surface area (TPSA) is 84.5 Å². The van der Waals surface area contributed by atoms with E-state index < -0.39 is 16.0 Å². The molecular formula is C10H13BrN2O4S2. The number of rotatable bonds is 4. The van der Waals surface area contributed by atoms with Crippen molar-refractivity contribution in [3.8, 4) is 0 Å². The zero-order valence-electron chi connectivity index (χ0n) is 10.1. The molecule has 1 aliphatic rings. The fourth-order valence-corrected chi connectivity index (χ4v) is 5.53. The molecule has 0 bridgehead atoms. The van der Waals surface area contributed by atoms with Crippen molar-refractivity contribution >= 4 is 43.3 Å². The number of carbonyl (C=O) groups is 1. The van der Waals surface area contributed by atoms with Gasteiger partial charge in [-0.3, -0.25) is 0 Å². The molecule has 19 heavy (non-hydrogen) atoms. The highest BCUT2D eigenvalue weighted by atomic mass is 79.9. The molecule has 0 radical (unpaired) electrons. The van der Waals surface area contributed by atoms with Gasteiger partial charge < -0.3 is 10.1 Å². The summed E-state index contributed by atoms with van der Waals surface area (Å²) >= 11 is 4.21. The standard InChI is InChI=1S/C10H13BrN2O4S2/c1-17-10(14)7-4-8(9(11)18-7)19(15,16)13-6-2-3-12-5-6/h4,6,12-13H,2-3,5H2,1H3. The maximum Gasteiger partial charge on any atom is 0.348 e. The molecule has 1 saturated heterocycles. The van der Waals surface area contributed by atoms with E-state index in [9.17, 15) is 13.2 Å². The molecular weight excluding hydrogens is 356 g/mol. The molecule has 0 saturated carbocycles. The van der Waals surface area contributed by atoms with Crippen LogP contribution >= 0.6 is 27.3 Å². The maximum absolute atomic E-state index is 12.2. The fourth-order valence-electron chi connectivity index (χ4n) is 1.77. The highest BCUT2D eigenvalue weighted by Gasteiger charge is 2.27. The summed E-state index contributed by atoms with van der Waals surface area (Å²) in [7, 11) is -2.37. The Kier molecular flexibility index (Phi) is 4.62. The summed E-state index contributed by atoms with van der Waals surface area (Å²) in [5.74, 6) is -0.547. The second-order valence-electron chi connectivity index (χ2n) is 4.05. The monoisotopic (exact) mass is 368 g/mol. The summed E-state index contributed by atoms with van der Waals surface area (Å²) in [4.78, 5) is 11.7. The average molecular weight is 369 g/mol. The van der Waals surface area contributed by atoms with Crippen LogP contribution < -0.4 is 10.0 Å². The first-order chi connectivity index (χ1) is 8.94. The number of methoxy groups -OCH3 is 1. The van der Waals surface area contributed by atoms with Crippen LogP contribution in [0, 0.1) is 0 Å². The van der Waals surface area contributed by atoms with Crippen LogP contribution in [0.1, 0.15) is 16.1 Å². The molecule has 1 fully saturated rings. The number of hydrogen-bond donors (Lipinski definition) is 2. The van der Waals surface area contributed by atoms with Crippen molar-refractivity contribution in [3.63, 3.8) is 0 Å². The van der Waals surface area contributed by atoms with Crippen LogP contribution in [-0.2, 0) is 14.8 Å². The van der Waals surface area contributed by atoms with Gasteiger partial charge in [-0.05, 0) is 35.0 Å². The van der Waals surface area contributed by atoms with Gasteiger partial charge in [0.25, 0.3) is 0 Å². The molecule has 2 rings (SSSR count). The van der Waals surface area contributed by atoms with Gasteiger partial charge in [-0.25, -0.2) is 17.9 Å². The van der Waals surface area contributed by atoms with Crippen molar-refractivity contribution in [3.05, 3.63) is 14.7 Å². The number of hydrogen-bond acceptors (Lipinski definition) is 6. The van der Waals surface area contributed by atoms with Crippen LogP contribution in [-0.4, -0.2) is 40.6 Å². The van der Waals surface area contributed by atoms with Crippen molar-refractivity contribution in [1.29, 1.82) is 0 Å². The molecule has 106 valence electrons. The van der Waals surface area contributed by atoms with Gasteiger partial charge in [0.05, 0.1) is 10.9 Å². The molecule has 0 aliphatic carbocycles. The summed E-state index contributed by atoms with van der Waals surface area (Å²) in [5, 5.41) is 3.08. The molecule has 0 aromatic carbocycles. The molecule has 0 amide bonds. The van der Waals surface area contributed by atoms with Crippen molar-refractivity contribution < 1.29 is 17.9 Å². The van der Waals surface area contributed by atoms with Gasteiger partial charge in [0.1, 0.15) is 9.77 Å². The quantitative estimate of drug-likeness (QED) is 0.772. The number of sulfonamides is 1. The number of nitrogens with one attached hydrogen (secondary N) is 2. The van der Waals surface area contributed by atoms with Crippen LogP contribution in [0.2, 0.25) is 0 Å². The van der Waals surface area contributed by atoms with Crippen LogP contribution in [0.25, 0.3) is 0 Å². The molecule has 1 aromatic rings. The van der Waals surface area contributed by atoms with E-state index >= 15 is 0 Å². The van der Waals surface area contributed by atoms with Gasteiger partial charge in [-0.1, -0.05) is 0 Å². The predicted molar refractivity (Wildman–Crippen MR) is 75.0 cm³/mol. The Morgan fingerprint density at radius 3 is 2.95 bits per heavy atom. The summed E-state index contributed by atoms with van der Waals surface area (Å²) in [5.41, 5.74) is 0. The Morgan fingerprint density at radius 1 is 1.63 bits per heavy atom. The van der Waals surface area contributed by atoms with Crippen molar-refractivity contribution in [2.24, 2.45) is 0 Å². The molecule has 2 heterocycles. The van der Waals surface area contributed by atoms with E-state index in [1.165, 1.54) is 13.2 Å². The number of esters is 1. The van der Waals surface area contributed by atoms with Gasteiger partial charge in [0.2, 0.25) is 10.0 Å². The summed E-state index contributed by atoms with van der Waals surface area (Å²) in [6.45, 7) is 1.41. The van der Waals surface area contributed by atoms with Crippen LogP contribution in [0.3, 0.4) is 0 Å². The Morgan fingerprint density at radius 2 is 2.37 bits per heavy atom. The lowest BCUT2D eigenvalue weighted by atomic mass is 10.3. The van der Waals surface area contributed by atoms with Gasteiger partial charge in [0.15, 0.2) is 0 Å². The first kappa shape index (κ1) is 14.9. The normalized spacial score (nSPS) is 19.6. The van der Waals surface area contributed by atoms with Crippen LogP contribution in [0.15, 0.2) is 14.7 Å². The van der Waals surface area contributed by atoms with E-state index in [1.54, 1.807) is 0 Å². The summed E-state index contributed by atoms with van der Waals surface area (Å²) in [6, 6.07) is 1.21. The first-order valence-electron chi connectivity index (χ1n) is 5.54. The zero-order chi connectivity index (χ0) is 14.0. The zero-order valence-corrected chi connectivity index (χ0v) is 13.3. The SMILES string of the molecule is COC(=O)c1cc(S(=O)(=O)NC2CCNC2)c(Br)s1. The highest BCUT2D eigenvalue weighted by molar-refractivity contribution is 9.11. The number of thiophene rings is 1.